The fraction of sp³-hybridized carbons (Fsp3) is 0.259. The monoisotopic (exact) mass is 472 g/mol. The molecule has 0 saturated carbocycles. The van der Waals surface area contributed by atoms with Gasteiger partial charge in [0.05, 0.1) is 11.9 Å². The van der Waals surface area contributed by atoms with Gasteiger partial charge in [0.15, 0.2) is 5.78 Å². The first-order chi connectivity index (χ1) is 16.8. The van der Waals surface area contributed by atoms with E-state index in [4.69, 9.17) is 0 Å². The van der Waals surface area contributed by atoms with Crippen LogP contribution in [0.25, 0.3) is 16.7 Å². The van der Waals surface area contributed by atoms with Crippen molar-refractivity contribution in [2.45, 2.75) is 19.8 Å². The Morgan fingerprint density at radius 2 is 1.83 bits per heavy atom. The minimum absolute atomic E-state index is 0.0282. The van der Waals surface area contributed by atoms with E-state index in [1.807, 2.05) is 50.4 Å². The average Bonchev–Trinajstić information content (AvgIpc) is 2.87. The topological polar surface area (TPSA) is 99.2 Å². The number of nitrogens with zero attached hydrogens (tertiary/aromatic N) is 3. The zero-order valence-electron chi connectivity index (χ0n) is 20.7. The number of Topliss-reactive ketones (excluding diaryl/α,β-unsaturated/α-hetero) is 1. The Morgan fingerprint density at radius 1 is 1.03 bits per heavy atom. The van der Waals surface area contributed by atoms with Gasteiger partial charge < -0.3 is 20.9 Å². The maximum Gasteiger partial charge on any atom is 0.321 e. The lowest BCUT2D eigenvalue weighted by molar-refractivity contribution is -0.113. The van der Waals surface area contributed by atoms with Crippen molar-refractivity contribution in [2.75, 3.05) is 43.6 Å². The van der Waals surface area contributed by atoms with Gasteiger partial charge in [0.1, 0.15) is 5.82 Å². The third-order valence-electron chi connectivity index (χ3n) is 5.50. The molecule has 2 aromatic heterocycles. The van der Waals surface area contributed by atoms with Gasteiger partial charge in [-0.1, -0.05) is 18.7 Å². The van der Waals surface area contributed by atoms with Crippen molar-refractivity contribution in [1.82, 2.24) is 14.9 Å². The number of hydrogen-bond donors (Lipinski definition) is 3. The first-order valence-electron chi connectivity index (χ1n) is 11.5. The zero-order valence-corrected chi connectivity index (χ0v) is 20.7. The van der Waals surface area contributed by atoms with E-state index >= 15 is 0 Å². The summed E-state index contributed by atoms with van der Waals surface area (Å²) in [6.07, 6.45) is 6.03. The third kappa shape index (κ3) is 6.66. The van der Waals surface area contributed by atoms with Crippen LogP contribution in [0.2, 0.25) is 0 Å². The van der Waals surface area contributed by atoms with Gasteiger partial charge in [0.2, 0.25) is 0 Å². The number of carbonyl (C=O) groups is 2. The molecule has 0 spiro atoms. The number of anilines is 3. The van der Waals surface area contributed by atoms with Crippen LogP contribution in [0.5, 0.6) is 0 Å². The molecule has 35 heavy (non-hydrogen) atoms. The fourth-order valence-corrected chi connectivity index (χ4v) is 3.51. The van der Waals surface area contributed by atoms with Crippen molar-refractivity contribution in [2.24, 2.45) is 0 Å². The molecule has 0 bridgehead atoms. The number of aromatic nitrogens is 2. The fourth-order valence-electron chi connectivity index (χ4n) is 3.51. The second kappa shape index (κ2) is 11.8. The van der Waals surface area contributed by atoms with Crippen molar-refractivity contribution >= 4 is 34.6 Å². The Kier molecular flexibility index (Phi) is 8.56. The molecule has 0 atom stereocenters. The molecule has 182 valence electrons. The van der Waals surface area contributed by atoms with E-state index < -0.39 is 0 Å². The quantitative estimate of drug-likeness (QED) is 0.362. The van der Waals surface area contributed by atoms with E-state index in [9.17, 15) is 9.59 Å². The summed E-state index contributed by atoms with van der Waals surface area (Å²) in [7, 11) is 5.16. The normalized spacial score (nSPS) is 10.4. The number of carbonyl (C=O) groups excluding carboxylic acids is 2. The van der Waals surface area contributed by atoms with Gasteiger partial charge in [-0.15, -0.1) is 0 Å². The Hall–Kier alpha value is -4.20. The summed E-state index contributed by atoms with van der Waals surface area (Å²) in [4.78, 5) is 35.1. The van der Waals surface area contributed by atoms with Crippen molar-refractivity contribution in [1.29, 1.82) is 0 Å². The van der Waals surface area contributed by atoms with Crippen LogP contribution in [0.1, 0.15) is 24.5 Å². The van der Waals surface area contributed by atoms with Gasteiger partial charge in [0.25, 0.3) is 0 Å². The summed E-state index contributed by atoms with van der Waals surface area (Å²) in [5.74, 6) is 0.793. The summed E-state index contributed by atoms with van der Waals surface area (Å²) in [5, 5.41) is 9.11. The Balaban J connectivity index is 1.77. The highest BCUT2D eigenvalue weighted by atomic mass is 16.2. The number of amides is 2. The van der Waals surface area contributed by atoms with Gasteiger partial charge >= 0.3 is 6.03 Å². The lowest BCUT2D eigenvalue weighted by Crippen LogP contribution is -2.27. The molecule has 8 nitrogen and oxygen atoms in total. The molecule has 8 heteroatoms. The molecule has 3 aromatic rings. The van der Waals surface area contributed by atoms with Crippen LogP contribution in [-0.4, -0.2) is 54.4 Å². The number of hydrogen-bond acceptors (Lipinski definition) is 6. The Bertz CT molecular complexity index is 1200. The van der Waals surface area contributed by atoms with Crippen molar-refractivity contribution < 1.29 is 9.59 Å². The van der Waals surface area contributed by atoms with Crippen LogP contribution in [-0.2, 0) is 11.2 Å². The molecule has 0 fully saturated rings. The van der Waals surface area contributed by atoms with Crippen LogP contribution in [0.15, 0.2) is 61.6 Å². The molecule has 2 heterocycles. The number of urea groups is 1. The smallest absolute Gasteiger partial charge is 0.321 e. The number of aryl methyl sites for hydroxylation is 1. The van der Waals surface area contributed by atoms with Gasteiger partial charge in [-0.3, -0.25) is 9.78 Å². The summed E-state index contributed by atoms with van der Waals surface area (Å²) >= 11 is 0. The molecule has 0 unspecified atom stereocenters. The maximum atomic E-state index is 13.0. The molecule has 1 aromatic carbocycles. The van der Waals surface area contributed by atoms with Crippen LogP contribution in [0.3, 0.4) is 0 Å². The first-order valence-corrected chi connectivity index (χ1v) is 11.5. The highest BCUT2D eigenvalue weighted by Gasteiger charge is 2.15. The second-order valence-corrected chi connectivity index (χ2v) is 8.28. The average molecular weight is 473 g/mol. The predicted molar refractivity (Wildman–Crippen MR) is 143 cm³/mol. The zero-order chi connectivity index (χ0) is 25.4. The van der Waals surface area contributed by atoms with Crippen LogP contribution in [0.4, 0.5) is 22.0 Å². The first kappa shape index (κ1) is 25.4. The SMILES string of the molecule is C=C(C(=O)CCc1ccc(NCC)nc1)c1cc(-c2cncc(NC(=O)N(C)C)c2)ccc1NC. The Labute approximate surface area is 206 Å². The molecule has 0 aliphatic rings. The summed E-state index contributed by atoms with van der Waals surface area (Å²) in [6.45, 7) is 6.93. The van der Waals surface area contributed by atoms with E-state index in [-0.39, 0.29) is 11.8 Å². The molecule has 2 amide bonds. The van der Waals surface area contributed by atoms with Gasteiger partial charge in [-0.05, 0) is 48.7 Å². The minimum atomic E-state index is -0.236. The number of ketones is 1. The van der Waals surface area contributed by atoms with Crippen LogP contribution in [0, 0.1) is 0 Å². The Morgan fingerprint density at radius 3 is 2.49 bits per heavy atom. The lowest BCUT2D eigenvalue weighted by atomic mass is 9.94. The summed E-state index contributed by atoms with van der Waals surface area (Å²) in [6, 6.07) is 11.3. The molecular formula is C27H32N6O2. The summed E-state index contributed by atoms with van der Waals surface area (Å²) < 4.78 is 0. The minimum Gasteiger partial charge on any atom is -0.388 e. The van der Waals surface area contributed by atoms with E-state index in [1.54, 1.807) is 32.7 Å². The van der Waals surface area contributed by atoms with Crippen molar-refractivity contribution in [3.63, 3.8) is 0 Å². The van der Waals surface area contributed by atoms with E-state index in [1.165, 1.54) is 4.90 Å². The van der Waals surface area contributed by atoms with Gasteiger partial charge in [-0.2, -0.15) is 0 Å². The summed E-state index contributed by atoms with van der Waals surface area (Å²) in [5.41, 5.74) is 5.26. The molecule has 0 aliphatic heterocycles. The number of allylic oxidation sites excluding steroid dienone is 1. The molecule has 0 aliphatic carbocycles. The van der Waals surface area contributed by atoms with E-state index in [0.717, 1.165) is 40.3 Å². The largest absolute Gasteiger partial charge is 0.388 e. The predicted octanol–water partition coefficient (Wildman–Crippen LogP) is 4.93. The van der Waals surface area contributed by atoms with Crippen LogP contribution < -0.4 is 16.0 Å². The number of nitrogens with one attached hydrogen (secondary N) is 3. The van der Waals surface area contributed by atoms with E-state index in [0.29, 0.717) is 24.1 Å². The lowest BCUT2D eigenvalue weighted by Gasteiger charge is -2.15. The molecule has 3 N–H and O–H groups in total. The molecular weight excluding hydrogens is 440 g/mol. The molecule has 0 radical (unpaired) electrons. The molecule has 0 saturated heterocycles. The molecule has 3 rings (SSSR count). The highest BCUT2D eigenvalue weighted by molar-refractivity contribution is 6.21. The number of pyridine rings is 2. The standard InChI is InChI=1S/C27H32N6O2/c1-6-30-26-12-8-19(15-31-26)7-11-25(34)18(2)23-14-20(9-10-24(23)28-3)21-13-22(17-29-16-21)32-27(35)33(4)5/h8-10,12-17,28H,2,6-7,11H2,1,3-5H3,(H,30,31)(H,32,35). The van der Waals surface area contributed by atoms with Crippen molar-refractivity contribution in [3.8, 4) is 11.1 Å². The second-order valence-electron chi connectivity index (χ2n) is 8.28. The number of benzene rings is 1. The third-order valence-corrected chi connectivity index (χ3v) is 5.50. The van der Waals surface area contributed by atoms with Crippen LogP contribution >= 0.6 is 0 Å². The van der Waals surface area contributed by atoms with Gasteiger partial charge in [-0.25, -0.2) is 9.78 Å². The van der Waals surface area contributed by atoms with Gasteiger partial charge in [0, 0.05) is 68.9 Å². The van der Waals surface area contributed by atoms with E-state index in [2.05, 4.69) is 32.5 Å². The maximum absolute atomic E-state index is 13.0. The number of rotatable bonds is 10. The highest BCUT2D eigenvalue weighted by Crippen LogP contribution is 2.31. The van der Waals surface area contributed by atoms with Crippen molar-refractivity contribution in [3.05, 3.63) is 72.7 Å².